The van der Waals surface area contributed by atoms with Crippen LogP contribution in [0.5, 0.6) is 0 Å². The van der Waals surface area contributed by atoms with Gasteiger partial charge in [-0.1, -0.05) is 22.0 Å². The predicted octanol–water partition coefficient (Wildman–Crippen LogP) is 1.77. The molecule has 0 saturated carbocycles. The molecule has 102 valence electrons. The Kier molecular flexibility index (Phi) is 3.93. The SMILES string of the molecule is Cc1c(Br)cccc1NS(=O)(=O)c1[nH]ncc1CO. The van der Waals surface area contributed by atoms with Crippen molar-refractivity contribution >= 4 is 31.6 Å². The van der Waals surface area contributed by atoms with E-state index in [1.165, 1.54) is 6.20 Å². The maximum atomic E-state index is 12.2. The third-order valence-corrected chi connectivity index (χ3v) is 4.87. The fraction of sp³-hybridized carbons (Fsp3) is 0.182. The fourth-order valence-corrected chi connectivity index (χ4v) is 3.17. The highest BCUT2D eigenvalue weighted by Gasteiger charge is 2.21. The summed E-state index contributed by atoms with van der Waals surface area (Å²) in [4.78, 5) is 0. The molecule has 3 N–H and O–H groups in total. The van der Waals surface area contributed by atoms with Crippen molar-refractivity contribution in [3.63, 3.8) is 0 Å². The lowest BCUT2D eigenvalue weighted by molar-refractivity contribution is 0.278. The highest BCUT2D eigenvalue weighted by atomic mass is 79.9. The van der Waals surface area contributed by atoms with E-state index in [4.69, 9.17) is 5.11 Å². The quantitative estimate of drug-likeness (QED) is 0.786. The van der Waals surface area contributed by atoms with E-state index in [2.05, 4.69) is 30.8 Å². The summed E-state index contributed by atoms with van der Waals surface area (Å²) in [6.45, 7) is 1.39. The third-order valence-electron chi connectivity index (χ3n) is 2.63. The number of halogens is 1. The molecular formula is C11H12BrN3O3S. The van der Waals surface area contributed by atoms with E-state index < -0.39 is 16.6 Å². The lowest BCUT2D eigenvalue weighted by Gasteiger charge is -2.11. The number of hydrogen-bond donors (Lipinski definition) is 3. The normalized spacial score (nSPS) is 11.5. The molecule has 1 heterocycles. The van der Waals surface area contributed by atoms with Crippen molar-refractivity contribution in [1.82, 2.24) is 10.2 Å². The molecular weight excluding hydrogens is 334 g/mol. The monoisotopic (exact) mass is 345 g/mol. The topological polar surface area (TPSA) is 95.1 Å². The van der Waals surface area contributed by atoms with Crippen LogP contribution in [0.2, 0.25) is 0 Å². The van der Waals surface area contributed by atoms with Crippen LogP contribution >= 0.6 is 15.9 Å². The molecule has 19 heavy (non-hydrogen) atoms. The van der Waals surface area contributed by atoms with Gasteiger partial charge in [0.05, 0.1) is 18.5 Å². The largest absolute Gasteiger partial charge is 0.392 e. The van der Waals surface area contributed by atoms with Gasteiger partial charge in [0.1, 0.15) is 0 Å². The van der Waals surface area contributed by atoms with Gasteiger partial charge in [-0.25, -0.2) is 0 Å². The number of sulfonamides is 1. The minimum absolute atomic E-state index is 0.130. The van der Waals surface area contributed by atoms with E-state index >= 15 is 0 Å². The number of aliphatic hydroxyl groups is 1. The van der Waals surface area contributed by atoms with Gasteiger partial charge in [0, 0.05) is 10.0 Å². The standard InChI is InChI=1S/C11H12BrN3O3S/c1-7-9(12)3-2-4-10(7)15-19(17,18)11-8(6-16)5-13-14-11/h2-5,15-16H,6H2,1H3,(H,13,14). The first-order valence-electron chi connectivity index (χ1n) is 5.36. The average Bonchev–Trinajstić information content (AvgIpc) is 2.84. The Morgan fingerprint density at radius 1 is 1.47 bits per heavy atom. The Morgan fingerprint density at radius 2 is 2.21 bits per heavy atom. The minimum Gasteiger partial charge on any atom is -0.392 e. The zero-order valence-corrected chi connectivity index (χ0v) is 12.4. The highest BCUT2D eigenvalue weighted by Crippen LogP contribution is 2.26. The van der Waals surface area contributed by atoms with Crippen LogP contribution in [0.1, 0.15) is 11.1 Å². The fourth-order valence-electron chi connectivity index (χ4n) is 1.56. The maximum absolute atomic E-state index is 12.2. The van der Waals surface area contributed by atoms with Crippen LogP contribution in [0.15, 0.2) is 33.9 Å². The minimum atomic E-state index is -3.80. The van der Waals surface area contributed by atoms with Crippen molar-refractivity contribution in [2.45, 2.75) is 18.6 Å². The number of aromatic amines is 1. The van der Waals surface area contributed by atoms with Gasteiger partial charge in [0.2, 0.25) is 0 Å². The summed E-state index contributed by atoms with van der Waals surface area (Å²) in [6.07, 6.45) is 1.28. The Labute approximate surface area is 119 Å². The van der Waals surface area contributed by atoms with E-state index in [1.807, 2.05) is 6.07 Å². The zero-order chi connectivity index (χ0) is 14.0. The van der Waals surface area contributed by atoms with Gasteiger partial charge in [-0.2, -0.15) is 13.5 Å². The van der Waals surface area contributed by atoms with Crippen molar-refractivity contribution in [1.29, 1.82) is 0 Å². The molecule has 0 amide bonds. The molecule has 0 radical (unpaired) electrons. The summed E-state index contributed by atoms with van der Waals surface area (Å²) in [6, 6.07) is 5.21. The van der Waals surface area contributed by atoms with Gasteiger partial charge in [0.15, 0.2) is 5.03 Å². The van der Waals surface area contributed by atoms with Crippen LogP contribution in [-0.2, 0) is 16.6 Å². The molecule has 0 aliphatic rings. The molecule has 0 unspecified atom stereocenters. The Bertz CT molecular complexity index is 697. The Hall–Kier alpha value is -1.38. The number of nitrogens with one attached hydrogen (secondary N) is 2. The van der Waals surface area contributed by atoms with Gasteiger partial charge in [-0.3, -0.25) is 9.82 Å². The molecule has 0 atom stereocenters. The lowest BCUT2D eigenvalue weighted by atomic mass is 10.2. The summed E-state index contributed by atoms with van der Waals surface area (Å²) in [5, 5.41) is 15.0. The second-order valence-electron chi connectivity index (χ2n) is 3.90. The lowest BCUT2D eigenvalue weighted by Crippen LogP contribution is -2.16. The summed E-state index contributed by atoms with van der Waals surface area (Å²) in [5.41, 5.74) is 1.46. The number of hydrogen-bond acceptors (Lipinski definition) is 4. The van der Waals surface area contributed by atoms with E-state index in [-0.39, 0.29) is 10.6 Å². The van der Waals surface area contributed by atoms with E-state index in [1.54, 1.807) is 19.1 Å². The van der Waals surface area contributed by atoms with Crippen molar-refractivity contribution in [3.8, 4) is 0 Å². The molecule has 0 aliphatic carbocycles. The first-order chi connectivity index (χ1) is 8.95. The molecule has 0 saturated heterocycles. The van der Waals surface area contributed by atoms with Crippen molar-refractivity contribution in [2.75, 3.05) is 4.72 Å². The van der Waals surface area contributed by atoms with Gasteiger partial charge in [-0.15, -0.1) is 0 Å². The second kappa shape index (κ2) is 5.32. The summed E-state index contributed by atoms with van der Waals surface area (Å²) in [7, 11) is -3.80. The van der Waals surface area contributed by atoms with Crippen LogP contribution in [0.25, 0.3) is 0 Å². The zero-order valence-electron chi connectivity index (χ0n) is 10.0. The number of H-pyrrole nitrogens is 1. The number of anilines is 1. The molecule has 6 nitrogen and oxygen atoms in total. The van der Waals surface area contributed by atoms with Crippen LogP contribution < -0.4 is 4.72 Å². The summed E-state index contributed by atoms with van der Waals surface area (Å²) in [5.74, 6) is 0. The molecule has 8 heteroatoms. The van der Waals surface area contributed by atoms with Gasteiger partial charge in [0.25, 0.3) is 10.0 Å². The second-order valence-corrected chi connectivity index (χ2v) is 6.37. The van der Waals surface area contributed by atoms with E-state index in [0.29, 0.717) is 5.69 Å². The first-order valence-corrected chi connectivity index (χ1v) is 7.64. The van der Waals surface area contributed by atoms with Crippen molar-refractivity contribution < 1.29 is 13.5 Å². The van der Waals surface area contributed by atoms with Gasteiger partial charge in [-0.05, 0) is 24.6 Å². The number of aliphatic hydroxyl groups excluding tert-OH is 1. The smallest absolute Gasteiger partial charge is 0.279 e. The number of benzene rings is 1. The highest BCUT2D eigenvalue weighted by molar-refractivity contribution is 9.10. The number of aromatic nitrogens is 2. The average molecular weight is 346 g/mol. The Morgan fingerprint density at radius 3 is 2.89 bits per heavy atom. The predicted molar refractivity (Wildman–Crippen MR) is 74.2 cm³/mol. The molecule has 0 spiro atoms. The molecule has 2 rings (SSSR count). The molecule has 1 aromatic carbocycles. The molecule has 0 aliphatic heterocycles. The Balaban J connectivity index is 2.40. The molecule has 0 fully saturated rings. The van der Waals surface area contributed by atoms with Gasteiger partial charge >= 0.3 is 0 Å². The van der Waals surface area contributed by atoms with Gasteiger partial charge < -0.3 is 5.11 Å². The van der Waals surface area contributed by atoms with Crippen LogP contribution in [-0.4, -0.2) is 23.7 Å². The summed E-state index contributed by atoms with van der Waals surface area (Å²) < 4.78 is 27.7. The summed E-state index contributed by atoms with van der Waals surface area (Å²) >= 11 is 3.34. The third kappa shape index (κ3) is 2.80. The van der Waals surface area contributed by atoms with Crippen molar-refractivity contribution in [3.05, 3.63) is 40.0 Å². The maximum Gasteiger partial charge on any atom is 0.279 e. The number of rotatable bonds is 4. The first kappa shape index (κ1) is 14.0. The molecule has 1 aromatic heterocycles. The van der Waals surface area contributed by atoms with E-state index in [0.717, 1.165) is 10.0 Å². The van der Waals surface area contributed by atoms with Crippen LogP contribution in [0.3, 0.4) is 0 Å². The van der Waals surface area contributed by atoms with Crippen molar-refractivity contribution in [2.24, 2.45) is 0 Å². The molecule has 2 aromatic rings. The number of nitrogens with zero attached hydrogens (tertiary/aromatic N) is 1. The van der Waals surface area contributed by atoms with E-state index in [9.17, 15) is 8.42 Å². The van der Waals surface area contributed by atoms with Crippen LogP contribution in [0, 0.1) is 6.92 Å². The van der Waals surface area contributed by atoms with Crippen LogP contribution in [0.4, 0.5) is 5.69 Å². The molecule has 0 bridgehead atoms.